The van der Waals surface area contributed by atoms with Crippen LogP contribution in [0.5, 0.6) is 0 Å². The smallest absolute Gasteiger partial charge is 0.126 e. The van der Waals surface area contributed by atoms with Gasteiger partial charge in [-0.2, -0.15) is 0 Å². The summed E-state index contributed by atoms with van der Waals surface area (Å²) in [5, 5.41) is 3.11. The minimum absolute atomic E-state index is 0.151. The highest BCUT2D eigenvalue weighted by Gasteiger charge is 2.02. The fourth-order valence-corrected chi connectivity index (χ4v) is 1.84. The molecule has 0 fully saturated rings. The van der Waals surface area contributed by atoms with E-state index < -0.39 is 0 Å². The van der Waals surface area contributed by atoms with E-state index in [-0.39, 0.29) is 5.82 Å². The molecule has 2 aromatic rings. The number of benzene rings is 2. The molecule has 0 amide bonds. The van der Waals surface area contributed by atoms with Gasteiger partial charge in [-0.1, -0.05) is 30.3 Å². The lowest BCUT2D eigenvalue weighted by Crippen LogP contribution is -2.04. The second-order valence-corrected chi connectivity index (χ2v) is 4.19. The first-order chi connectivity index (χ1) is 8.20. The van der Waals surface area contributed by atoms with Gasteiger partial charge in [-0.15, -0.1) is 0 Å². The largest absolute Gasteiger partial charge is 0.316 e. The fraction of sp³-hybridized carbons (Fsp3) is 0.200. The van der Waals surface area contributed by atoms with E-state index in [1.54, 1.807) is 13.0 Å². The molecule has 0 unspecified atom stereocenters. The highest BCUT2D eigenvalue weighted by atomic mass is 19.1. The van der Waals surface area contributed by atoms with Crippen LogP contribution in [0.4, 0.5) is 4.39 Å². The summed E-state index contributed by atoms with van der Waals surface area (Å²) in [6, 6.07) is 13.5. The molecule has 17 heavy (non-hydrogen) atoms. The van der Waals surface area contributed by atoms with Crippen LogP contribution in [0.15, 0.2) is 42.5 Å². The standard InChI is InChI=1S/C15H16FN/c1-11-6-7-14(9-15(11)16)13-5-3-4-12(8-13)10-17-2/h3-9,17H,10H2,1-2H3. The van der Waals surface area contributed by atoms with Crippen molar-refractivity contribution >= 4 is 0 Å². The highest BCUT2D eigenvalue weighted by molar-refractivity contribution is 5.64. The van der Waals surface area contributed by atoms with Crippen LogP contribution in [0.25, 0.3) is 11.1 Å². The summed E-state index contributed by atoms with van der Waals surface area (Å²) in [7, 11) is 1.91. The van der Waals surface area contributed by atoms with Gasteiger partial charge in [0.15, 0.2) is 0 Å². The number of halogens is 1. The minimum Gasteiger partial charge on any atom is -0.316 e. The number of hydrogen-bond donors (Lipinski definition) is 1. The van der Waals surface area contributed by atoms with Gasteiger partial charge in [0.25, 0.3) is 0 Å². The van der Waals surface area contributed by atoms with E-state index in [9.17, 15) is 4.39 Å². The second-order valence-electron chi connectivity index (χ2n) is 4.19. The summed E-state index contributed by atoms with van der Waals surface area (Å²) in [5.74, 6) is -0.151. The number of hydrogen-bond acceptors (Lipinski definition) is 1. The molecule has 0 bridgehead atoms. The molecule has 0 saturated carbocycles. The van der Waals surface area contributed by atoms with E-state index in [1.807, 2.05) is 31.3 Å². The average molecular weight is 229 g/mol. The SMILES string of the molecule is CNCc1cccc(-c2ccc(C)c(F)c2)c1. The van der Waals surface area contributed by atoms with E-state index in [4.69, 9.17) is 0 Å². The van der Waals surface area contributed by atoms with Gasteiger partial charge in [0.1, 0.15) is 5.82 Å². The Morgan fingerprint density at radius 2 is 1.82 bits per heavy atom. The zero-order chi connectivity index (χ0) is 12.3. The number of rotatable bonds is 3. The lowest BCUT2D eigenvalue weighted by atomic mass is 10.0. The van der Waals surface area contributed by atoms with E-state index in [1.165, 1.54) is 5.56 Å². The minimum atomic E-state index is -0.151. The van der Waals surface area contributed by atoms with Crippen LogP contribution >= 0.6 is 0 Å². The predicted molar refractivity (Wildman–Crippen MR) is 69.3 cm³/mol. The number of aryl methyl sites for hydroxylation is 1. The van der Waals surface area contributed by atoms with Crippen LogP contribution in [0.1, 0.15) is 11.1 Å². The average Bonchev–Trinajstić information content (AvgIpc) is 2.33. The summed E-state index contributed by atoms with van der Waals surface area (Å²) >= 11 is 0. The Morgan fingerprint density at radius 1 is 1.06 bits per heavy atom. The first-order valence-electron chi connectivity index (χ1n) is 5.71. The van der Waals surface area contributed by atoms with E-state index in [2.05, 4.69) is 17.4 Å². The van der Waals surface area contributed by atoms with Gasteiger partial charge >= 0.3 is 0 Å². The van der Waals surface area contributed by atoms with Crippen molar-refractivity contribution in [3.63, 3.8) is 0 Å². The van der Waals surface area contributed by atoms with Crippen LogP contribution in [0.3, 0.4) is 0 Å². The van der Waals surface area contributed by atoms with Crippen molar-refractivity contribution in [1.29, 1.82) is 0 Å². The van der Waals surface area contributed by atoms with Crippen LogP contribution < -0.4 is 5.32 Å². The van der Waals surface area contributed by atoms with Crippen molar-refractivity contribution in [1.82, 2.24) is 5.32 Å². The van der Waals surface area contributed by atoms with Gasteiger partial charge in [0.05, 0.1) is 0 Å². The second kappa shape index (κ2) is 5.11. The van der Waals surface area contributed by atoms with E-state index in [0.29, 0.717) is 5.56 Å². The Hall–Kier alpha value is -1.67. The Kier molecular flexibility index (Phi) is 3.55. The fourth-order valence-electron chi connectivity index (χ4n) is 1.84. The molecule has 0 aliphatic rings. The molecular weight excluding hydrogens is 213 g/mol. The molecule has 1 N–H and O–H groups in total. The Bertz CT molecular complexity index is 520. The molecule has 1 nitrogen and oxygen atoms in total. The zero-order valence-electron chi connectivity index (χ0n) is 10.1. The zero-order valence-corrected chi connectivity index (χ0v) is 10.1. The van der Waals surface area contributed by atoms with Crippen molar-refractivity contribution in [2.24, 2.45) is 0 Å². The third-order valence-electron chi connectivity index (χ3n) is 2.81. The lowest BCUT2D eigenvalue weighted by Gasteiger charge is -2.06. The van der Waals surface area contributed by atoms with Gasteiger partial charge in [0, 0.05) is 6.54 Å². The first-order valence-corrected chi connectivity index (χ1v) is 5.71. The molecule has 2 rings (SSSR count). The van der Waals surface area contributed by atoms with Gasteiger partial charge in [-0.3, -0.25) is 0 Å². The quantitative estimate of drug-likeness (QED) is 0.849. The lowest BCUT2D eigenvalue weighted by molar-refractivity contribution is 0.619. The maximum atomic E-state index is 13.5. The van der Waals surface area contributed by atoms with Gasteiger partial charge in [0.2, 0.25) is 0 Å². The summed E-state index contributed by atoms with van der Waals surface area (Å²) in [5.41, 5.74) is 3.86. The van der Waals surface area contributed by atoms with Gasteiger partial charge in [-0.25, -0.2) is 4.39 Å². The summed E-state index contributed by atoms with van der Waals surface area (Å²) in [6.45, 7) is 2.60. The van der Waals surface area contributed by atoms with E-state index >= 15 is 0 Å². The Balaban J connectivity index is 2.38. The summed E-state index contributed by atoms with van der Waals surface area (Å²) < 4.78 is 13.5. The van der Waals surface area contributed by atoms with Gasteiger partial charge in [-0.05, 0) is 48.4 Å². The normalized spacial score (nSPS) is 10.5. The maximum absolute atomic E-state index is 13.5. The predicted octanol–water partition coefficient (Wildman–Crippen LogP) is 3.52. The summed E-state index contributed by atoms with van der Waals surface area (Å²) in [6.07, 6.45) is 0. The van der Waals surface area contributed by atoms with Crippen molar-refractivity contribution in [3.05, 3.63) is 59.4 Å². The molecule has 0 heterocycles. The molecule has 0 aliphatic carbocycles. The topological polar surface area (TPSA) is 12.0 Å². The van der Waals surface area contributed by atoms with Crippen molar-refractivity contribution in [3.8, 4) is 11.1 Å². The molecular formula is C15H16FN. The third kappa shape index (κ3) is 2.71. The maximum Gasteiger partial charge on any atom is 0.126 e. The van der Waals surface area contributed by atoms with Crippen LogP contribution in [-0.2, 0) is 6.54 Å². The van der Waals surface area contributed by atoms with Crippen LogP contribution in [0.2, 0.25) is 0 Å². The molecule has 0 radical (unpaired) electrons. The summed E-state index contributed by atoms with van der Waals surface area (Å²) in [4.78, 5) is 0. The highest BCUT2D eigenvalue weighted by Crippen LogP contribution is 2.22. The molecule has 0 aromatic heterocycles. The molecule has 0 saturated heterocycles. The molecule has 0 atom stereocenters. The van der Waals surface area contributed by atoms with Gasteiger partial charge < -0.3 is 5.32 Å². The molecule has 0 spiro atoms. The van der Waals surface area contributed by atoms with Crippen LogP contribution in [-0.4, -0.2) is 7.05 Å². The molecule has 0 aliphatic heterocycles. The molecule has 2 heteroatoms. The van der Waals surface area contributed by atoms with E-state index in [0.717, 1.165) is 17.7 Å². The number of nitrogens with one attached hydrogen (secondary N) is 1. The van der Waals surface area contributed by atoms with Crippen molar-refractivity contribution in [2.75, 3.05) is 7.05 Å². The first kappa shape index (κ1) is 11.8. The Morgan fingerprint density at radius 3 is 2.53 bits per heavy atom. The van der Waals surface area contributed by atoms with Crippen molar-refractivity contribution in [2.45, 2.75) is 13.5 Å². The third-order valence-corrected chi connectivity index (χ3v) is 2.81. The molecule has 2 aromatic carbocycles. The molecule has 88 valence electrons. The monoisotopic (exact) mass is 229 g/mol. The Labute approximate surface area is 101 Å². The van der Waals surface area contributed by atoms with Crippen LogP contribution in [0, 0.1) is 12.7 Å². The van der Waals surface area contributed by atoms with Crippen molar-refractivity contribution < 1.29 is 4.39 Å².